The van der Waals surface area contributed by atoms with Crippen molar-refractivity contribution in [2.75, 3.05) is 12.4 Å². The zero-order valence-electron chi connectivity index (χ0n) is 18.9. The van der Waals surface area contributed by atoms with E-state index in [1.165, 1.54) is 0 Å². The normalized spacial score (nSPS) is 18.5. The number of methoxy groups -OCH3 is 1. The zero-order valence-corrected chi connectivity index (χ0v) is 18.9. The Bertz CT molecular complexity index is 1350. The number of amides is 1. The number of rotatable bonds is 7. The monoisotopic (exact) mass is 447 g/mol. The minimum absolute atomic E-state index is 0.0213. The molecule has 0 saturated heterocycles. The number of nitrogens with one attached hydrogen (secondary N) is 1. The number of aromatic nitrogens is 4. The number of carbonyl (C=O) groups excluding carboxylic acids is 1. The summed E-state index contributed by atoms with van der Waals surface area (Å²) in [7, 11) is 1.72. The summed E-state index contributed by atoms with van der Waals surface area (Å²) in [6, 6.07) is 5.91. The van der Waals surface area contributed by atoms with Crippen molar-refractivity contribution in [2.24, 2.45) is 5.92 Å². The molecule has 4 aromatic rings. The molecule has 1 aliphatic carbocycles. The number of nitrogens with zero attached hydrogens (tertiary/aromatic N) is 4. The molecule has 0 radical (unpaired) electrons. The molecule has 4 aromatic heterocycles. The molecule has 0 bridgehead atoms. The molecule has 1 aliphatic rings. The van der Waals surface area contributed by atoms with Gasteiger partial charge in [-0.3, -0.25) is 14.2 Å². The van der Waals surface area contributed by atoms with Gasteiger partial charge in [0.15, 0.2) is 0 Å². The Balaban J connectivity index is 1.55. The van der Waals surface area contributed by atoms with Crippen molar-refractivity contribution < 1.29 is 13.9 Å². The molecule has 1 fully saturated rings. The second kappa shape index (κ2) is 8.51. The third kappa shape index (κ3) is 3.95. The molecule has 1 N–H and O–H groups in total. The fraction of sp³-hybridized carbons (Fsp3) is 0.360. The number of alkyl halides is 1. The van der Waals surface area contributed by atoms with Gasteiger partial charge in [0.05, 0.1) is 23.2 Å². The van der Waals surface area contributed by atoms with Crippen LogP contribution in [0.25, 0.3) is 27.7 Å². The van der Waals surface area contributed by atoms with Gasteiger partial charge < -0.3 is 10.1 Å². The van der Waals surface area contributed by atoms with Gasteiger partial charge in [0.2, 0.25) is 5.91 Å². The number of pyridine rings is 3. The number of anilines is 1. The highest BCUT2D eigenvalue weighted by Gasteiger charge is 2.43. The maximum absolute atomic E-state index is 13.2. The van der Waals surface area contributed by atoms with Crippen LogP contribution in [0.15, 0.2) is 43.0 Å². The Morgan fingerprint density at radius 2 is 2.06 bits per heavy atom. The first kappa shape index (κ1) is 21.5. The highest BCUT2D eigenvalue weighted by molar-refractivity contribution is 5.97. The Morgan fingerprint density at radius 3 is 2.76 bits per heavy atom. The van der Waals surface area contributed by atoms with Crippen molar-refractivity contribution in [1.29, 1.82) is 0 Å². The Labute approximate surface area is 191 Å². The van der Waals surface area contributed by atoms with Gasteiger partial charge in [-0.15, -0.1) is 0 Å². The fourth-order valence-electron chi connectivity index (χ4n) is 4.30. The lowest BCUT2D eigenvalue weighted by Gasteiger charge is -2.16. The van der Waals surface area contributed by atoms with Crippen LogP contribution in [0.4, 0.5) is 10.2 Å². The standard InChI is InChI=1S/C25H26FN5O2/c1-4-5-22(33-3)20-8-14(2)18(13-28-20)16-9-15-12-29-23(30-25(32)17-10-19(17)26)11-21(15)31-7-6-27-24(16)31/h6-9,11-13,17,19,22H,4-5,10H2,1-3H3,(H,29,30,32)/t17-,19+,22-/m0/s1. The summed E-state index contributed by atoms with van der Waals surface area (Å²) < 4.78 is 20.8. The molecule has 0 unspecified atom stereocenters. The van der Waals surface area contributed by atoms with E-state index < -0.39 is 12.1 Å². The maximum atomic E-state index is 13.2. The average molecular weight is 448 g/mol. The van der Waals surface area contributed by atoms with Crippen molar-refractivity contribution in [1.82, 2.24) is 19.4 Å². The van der Waals surface area contributed by atoms with Crippen LogP contribution in [0.5, 0.6) is 0 Å². The molecule has 4 heterocycles. The van der Waals surface area contributed by atoms with Crippen molar-refractivity contribution in [3.05, 3.63) is 54.2 Å². The summed E-state index contributed by atoms with van der Waals surface area (Å²) in [5, 5.41) is 3.62. The molecular formula is C25H26FN5O2. The van der Waals surface area contributed by atoms with Crippen molar-refractivity contribution >= 4 is 28.3 Å². The predicted molar refractivity (Wildman–Crippen MR) is 125 cm³/mol. The van der Waals surface area contributed by atoms with Crippen molar-refractivity contribution in [3.63, 3.8) is 0 Å². The summed E-state index contributed by atoms with van der Waals surface area (Å²) in [4.78, 5) is 25.8. The molecule has 5 rings (SSSR count). The van der Waals surface area contributed by atoms with Crippen LogP contribution in [0.1, 0.15) is 43.5 Å². The number of ether oxygens (including phenoxy) is 1. The first-order valence-electron chi connectivity index (χ1n) is 11.2. The largest absolute Gasteiger partial charge is 0.375 e. The van der Waals surface area contributed by atoms with Crippen molar-refractivity contribution in [3.8, 4) is 11.1 Å². The molecule has 0 aliphatic heterocycles. The Kier molecular flexibility index (Phi) is 5.54. The quantitative estimate of drug-likeness (QED) is 0.429. The van der Waals surface area contributed by atoms with E-state index in [-0.39, 0.29) is 18.4 Å². The number of imidazole rings is 1. The lowest BCUT2D eigenvalue weighted by Crippen LogP contribution is -2.16. The van der Waals surface area contributed by atoms with Crippen LogP contribution in [0.3, 0.4) is 0 Å². The molecule has 0 aromatic carbocycles. The zero-order chi connectivity index (χ0) is 23.1. The molecule has 1 saturated carbocycles. The van der Waals surface area contributed by atoms with Crippen LogP contribution in [0.2, 0.25) is 0 Å². The molecule has 0 spiro atoms. The van der Waals surface area contributed by atoms with Gasteiger partial charge in [0.25, 0.3) is 0 Å². The van der Waals surface area contributed by atoms with Gasteiger partial charge in [0.1, 0.15) is 17.6 Å². The summed E-state index contributed by atoms with van der Waals surface area (Å²) in [6.45, 7) is 4.20. The van der Waals surface area contributed by atoms with Crippen molar-refractivity contribution in [2.45, 2.75) is 45.4 Å². The van der Waals surface area contributed by atoms with Gasteiger partial charge >= 0.3 is 0 Å². The van der Waals surface area contributed by atoms with E-state index in [9.17, 15) is 9.18 Å². The number of fused-ring (bicyclic) bond motifs is 3. The molecule has 170 valence electrons. The Hall–Kier alpha value is -3.39. The molecule has 3 atom stereocenters. The second-order valence-corrected chi connectivity index (χ2v) is 8.59. The van der Waals surface area contributed by atoms with E-state index >= 15 is 0 Å². The SMILES string of the molecule is CCC[C@H](OC)c1cc(C)c(-c2cc3cnc(NC(=O)[C@H]4C[C@H]4F)cc3n3ccnc23)cn1. The number of hydrogen-bond acceptors (Lipinski definition) is 5. The van der Waals surface area contributed by atoms with Gasteiger partial charge in [-0.1, -0.05) is 13.3 Å². The summed E-state index contributed by atoms with van der Waals surface area (Å²) in [5.41, 5.74) is 5.59. The van der Waals surface area contributed by atoms with Gasteiger partial charge in [-0.25, -0.2) is 14.4 Å². The van der Waals surface area contributed by atoms with Crippen LogP contribution in [-0.2, 0) is 9.53 Å². The number of carbonyl (C=O) groups is 1. The summed E-state index contributed by atoms with van der Waals surface area (Å²) in [5.74, 6) is -0.489. The van der Waals surface area contributed by atoms with E-state index in [0.717, 1.165) is 51.8 Å². The molecular weight excluding hydrogens is 421 g/mol. The second-order valence-electron chi connectivity index (χ2n) is 8.59. The molecule has 7 nitrogen and oxygen atoms in total. The van der Waals surface area contributed by atoms with Crippen LogP contribution >= 0.6 is 0 Å². The maximum Gasteiger partial charge on any atom is 0.231 e. The van der Waals surface area contributed by atoms with E-state index in [1.54, 1.807) is 25.6 Å². The highest BCUT2D eigenvalue weighted by atomic mass is 19.1. The van der Waals surface area contributed by atoms with E-state index in [4.69, 9.17) is 9.72 Å². The molecule has 33 heavy (non-hydrogen) atoms. The van der Waals surface area contributed by atoms with Crippen LogP contribution in [-0.4, -0.2) is 38.5 Å². The molecule has 8 heteroatoms. The smallest absolute Gasteiger partial charge is 0.231 e. The van der Waals surface area contributed by atoms with Gasteiger partial charge in [-0.05, 0) is 37.5 Å². The minimum atomic E-state index is -1.04. The van der Waals surface area contributed by atoms with E-state index in [1.807, 2.05) is 22.9 Å². The summed E-state index contributed by atoms with van der Waals surface area (Å²) in [6.07, 6.45) is 8.37. The van der Waals surface area contributed by atoms with Crippen LogP contribution in [0, 0.1) is 12.8 Å². The number of hydrogen-bond donors (Lipinski definition) is 1. The minimum Gasteiger partial charge on any atom is -0.375 e. The first-order valence-corrected chi connectivity index (χ1v) is 11.2. The van der Waals surface area contributed by atoms with Crippen LogP contribution < -0.4 is 5.32 Å². The third-order valence-electron chi connectivity index (χ3n) is 6.24. The first-order chi connectivity index (χ1) is 16.0. The predicted octanol–water partition coefficient (Wildman–Crippen LogP) is 5.04. The summed E-state index contributed by atoms with van der Waals surface area (Å²) >= 11 is 0. The Morgan fingerprint density at radius 1 is 1.24 bits per heavy atom. The molecule has 1 amide bonds. The van der Waals surface area contributed by atoms with Gasteiger partial charge in [-0.2, -0.15) is 0 Å². The number of aryl methyl sites for hydroxylation is 1. The van der Waals surface area contributed by atoms with E-state index in [0.29, 0.717) is 5.82 Å². The van der Waals surface area contributed by atoms with Gasteiger partial charge in [0, 0.05) is 54.5 Å². The van der Waals surface area contributed by atoms with E-state index in [2.05, 4.69) is 35.2 Å². The number of halogens is 1. The average Bonchev–Trinajstić information content (AvgIpc) is 3.34. The lowest BCUT2D eigenvalue weighted by atomic mass is 10.00. The fourth-order valence-corrected chi connectivity index (χ4v) is 4.30. The highest BCUT2D eigenvalue weighted by Crippen LogP contribution is 2.35. The topological polar surface area (TPSA) is 81.4 Å². The lowest BCUT2D eigenvalue weighted by molar-refractivity contribution is -0.117. The third-order valence-corrected chi connectivity index (χ3v) is 6.24.